The minimum atomic E-state index is -0.648. The van der Waals surface area contributed by atoms with Gasteiger partial charge in [-0.15, -0.1) is 0 Å². The Morgan fingerprint density at radius 2 is 2.29 bits per heavy atom. The molecule has 0 aliphatic heterocycles. The number of benzene rings is 1. The monoisotopic (exact) mass is 215 g/mol. The Kier molecular flexibility index (Phi) is 3.61. The number of Topliss-reactive ketones (excluding diaryl/α,β-unsaturated/α-hetero) is 1. The fraction of sp³-hybridized carbons (Fsp3) is 0.300. The summed E-state index contributed by atoms with van der Waals surface area (Å²) >= 11 is 5.55. The Labute approximate surface area is 86.9 Å². The number of ketones is 1. The Morgan fingerprint density at radius 3 is 2.79 bits per heavy atom. The van der Waals surface area contributed by atoms with Crippen LogP contribution in [0.4, 0.5) is 4.39 Å². The third-order valence-electron chi connectivity index (χ3n) is 1.97. The number of nitrogens with two attached hydrogens (primary N) is 1. The van der Waals surface area contributed by atoms with Crippen LogP contribution in [0, 0.1) is 5.82 Å². The summed E-state index contributed by atoms with van der Waals surface area (Å²) < 4.78 is 13.2. The molecule has 0 aliphatic carbocycles. The summed E-state index contributed by atoms with van der Waals surface area (Å²) in [6, 6.07) is 3.29. The van der Waals surface area contributed by atoms with E-state index in [0.717, 1.165) is 6.07 Å². The van der Waals surface area contributed by atoms with Gasteiger partial charge in [0.25, 0.3) is 0 Å². The van der Waals surface area contributed by atoms with Gasteiger partial charge in [-0.1, -0.05) is 18.5 Å². The summed E-state index contributed by atoms with van der Waals surface area (Å²) in [7, 11) is 0. The fourth-order valence-corrected chi connectivity index (χ4v) is 1.23. The van der Waals surface area contributed by atoms with E-state index in [-0.39, 0.29) is 16.4 Å². The predicted molar refractivity (Wildman–Crippen MR) is 54.0 cm³/mol. The fourth-order valence-electron chi connectivity index (χ4n) is 1.07. The summed E-state index contributed by atoms with van der Waals surface area (Å²) in [4.78, 5) is 11.5. The molecule has 1 aromatic carbocycles. The van der Waals surface area contributed by atoms with E-state index in [4.69, 9.17) is 17.3 Å². The first kappa shape index (κ1) is 11.1. The maximum atomic E-state index is 13.2. The Morgan fingerprint density at radius 1 is 1.64 bits per heavy atom. The molecule has 0 heterocycles. The Hall–Kier alpha value is -0.930. The molecule has 0 spiro atoms. The molecule has 1 aromatic rings. The first-order chi connectivity index (χ1) is 6.56. The highest BCUT2D eigenvalue weighted by Gasteiger charge is 2.17. The second-order valence-electron chi connectivity index (χ2n) is 3.00. The summed E-state index contributed by atoms with van der Waals surface area (Å²) in [5.41, 5.74) is 5.51. The highest BCUT2D eigenvalue weighted by Crippen LogP contribution is 2.16. The molecule has 0 saturated carbocycles. The van der Waals surface area contributed by atoms with Crippen LogP contribution in [0.1, 0.15) is 23.7 Å². The molecule has 0 aromatic heterocycles. The minimum Gasteiger partial charge on any atom is -0.321 e. The molecular formula is C10H11ClFNO. The van der Waals surface area contributed by atoms with Crippen LogP contribution in [-0.2, 0) is 0 Å². The summed E-state index contributed by atoms with van der Waals surface area (Å²) in [5, 5.41) is 0.268. The molecule has 0 amide bonds. The standard InChI is InChI=1S/C10H11ClFNO/c1-2-9(13)10(14)7-4-3-6(11)5-8(7)12/h3-5,9H,2,13H2,1H3. The van der Waals surface area contributed by atoms with Crippen molar-refractivity contribution >= 4 is 17.4 Å². The van der Waals surface area contributed by atoms with Gasteiger partial charge in [-0.2, -0.15) is 0 Å². The molecule has 14 heavy (non-hydrogen) atoms. The van der Waals surface area contributed by atoms with Crippen molar-refractivity contribution in [3.63, 3.8) is 0 Å². The molecule has 76 valence electrons. The molecule has 2 N–H and O–H groups in total. The highest BCUT2D eigenvalue weighted by atomic mass is 35.5. The molecule has 0 fully saturated rings. The van der Waals surface area contributed by atoms with Crippen LogP contribution in [-0.4, -0.2) is 11.8 Å². The lowest BCUT2D eigenvalue weighted by Crippen LogP contribution is -2.30. The number of hydrogen-bond acceptors (Lipinski definition) is 2. The van der Waals surface area contributed by atoms with Crippen LogP contribution in [0.3, 0.4) is 0 Å². The molecule has 1 rings (SSSR count). The summed E-state index contributed by atoms with van der Waals surface area (Å²) in [6.07, 6.45) is 0.487. The van der Waals surface area contributed by atoms with Crippen molar-refractivity contribution < 1.29 is 9.18 Å². The van der Waals surface area contributed by atoms with Crippen molar-refractivity contribution in [2.45, 2.75) is 19.4 Å². The normalized spacial score (nSPS) is 12.6. The molecule has 4 heteroatoms. The van der Waals surface area contributed by atoms with Gasteiger partial charge in [0.05, 0.1) is 11.6 Å². The topological polar surface area (TPSA) is 43.1 Å². The van der Waals surface area contributed by atoms with E-state index in [0.29, 0.717) is 6.42 Å². The number of carbonyl (C=O) groups excluding carboxylic acids is 1. The van der Waals surface area contributed by atoms with Crippen LogP contribution >= 0.6 is 11.6 Å². The largest absolute Gasteiger partial charge is 0.321 e. The van der Waals surface area contributed by atoms with Gasteiger partial charge in [0.1, 0.15) is 5.82 Å². The van der Waals surface area contributed by atoms with Gasteiger partial charge >= 0.3 is 0 Å². The second kappa shape index (κ2) is 4.53. The summed E-state index contributed by atoms with van der Waals surface area (Å²) in [6.45, 7) is 1.77. The SMILES string of the molecule is CCC(N)C(=O)c1ccc(Cl)cc1F. The molecule has 2 nitrogen and oxygen atoms in total. The molecule has 0 bridgehead atoms. The van der Waals surface area contributed by atoms with E-state index in [1.807, 2.05) is 0 Å². The van der Waals surface area contributed by atoms with Crippen LogP contribution in [0.2, 0.25) is 5.02 Å². The average molecular weight is 216 g/mol. The number of carbonyl (C=O) groups is 1. The zero-order valence-corrected chi connectivity index (χ0v) is 8.51. The van der Waals surface area contributed by atoms with E-state index < -0.39 is 11.9 Å². The van der Waals surface area contributed by atoms with Gasteiger partial charge in [0.15, 0.2) is 5.78 Å². The maximum absolute atomic E-state index is 13.2. The molecule has 0 radical (unpaired) electrons. The van der Waals surface area contributed by atoms with Crippen molar-refractivity contribution in [3.8, 4) is 0 Å². The number of halogens is 2. The van der Waals surface area contributed by atoms with Gasteiger partial charge in [-0.05, 0) is 24.6 Å². The summed E-state index contributed by atoms with van der Waals surface area (Å²) in [5.74, 6) is -1.01. The van der Waals surface area contributed by atoms with E-state index in [2.05, 4.69) is 0 Å². The molecular weight excluding hydrogens is 205 g/mol. The zero-order valence-electron chi connectivity index (χ0n) is 7.76. The first-order valence-electron chi connectivity index (χ1n) is 4.31. The molecule has 1 unspecified atom stereocenters. The van der Waals surface area contributed by atoms with Crippen LogP contribution in [0.25, 0.3) is 0 Å². The third kappa shape index (κ3) is 2.30. The van der Waals surface area contributed by atoms with E-state index >= 15 is 0 Å². The lowest BCUT2D eigenvalue weighted by atomic mass is 10.0. The van der Waals surface area contributed by atoms with Gasteiger partial charge in [-0.25, -0.2) is 4.39 Å². The first-order valence-corrected chi connectivity index (χ1v) is 4.69. The quantitative estimate of drug-likeness (QED) is 0.787. The number of rotatable bonds is 3. The number of hydrogen-bond donors (Lipinski definition) is 1. The second-order valence-corrected chi connectivity index (χ2v) is 3.44. The third-order valence-corrected chi connectivity index (χ3v) is 2.21. The van der Waals surface area contributed by atoms with Crippen molar-refractivity contribution in [2.24, 2.45) is 5.73 Å². The Bertz CT molecular complexity index is 354. The Balaban J connectivity index is 3.02. The van der Waals surface area contributed by atoms with E-state index in [1.54, 1.807) is 6.92 Å². The van der Waals surface area contributed by atoms with Crippen molar-refractivity contribution in [1.29, 1.82) is 0 Å². The van der Waals surface area contributed by atoms with Gasteiger partial charge in [-0.3, -0.25) is 4.79 Å². The minimum absolute atomic E-state index is 0.00347. The maximum Gasteiger partial charge on any atom is 0.182 e. The molecule has 1 atom stereocenters. The van der Waals surface area contributed by atoms with Gasteiger partial charge < -0.3 is 5.73 Å². The zero-order chi connectivity index (χ0) is 10.7. The van der Waals surface area contributed by atoms with E-state index in [1.165, 1.54) is 12.1 Å². The average Bonchev–Trinajstić information content (AvgIpc) is 2.15. The van der Waals surface area contributed by atoms with Gasteiger partial charge in [0, 0.05) is 5.02 Å². The van der Waals surface area contributed by atoms with Gasteiger partial charge in [0.2, 0.25) is 0 Å². The van der Waals surface area contributed by atoms with Crippen molar-refractivity contribution in [2.75, 3.05) is 0 Å². The molecule has 0 aliphatic rings. The lowest BCUT2D eigenvalue weighted by Gasteiger charge is -2.08. The lowest BCUT2D eigenvalue weighted by molar-refractivity contribution is 0.0955. The van der Waals surface area contributed by atoms with Crippen molar-refractivity contribution in [3.05, 3.63) is 34.6 Å². The van der Waals surface area contributed by atoms with E-state index in [9.17, 15) is 9.18 Å². The molecule has 0 saturated heterocycles. The van der Waals surface area contributed by atoms with Crippen molar-refractivity contribution in [1.82, 2.24) is 0 Å². The van der Waals surface area contributed by atoms with Crippen LogP contribution in [0.15, 0.2) is 18.2 Å². The van der Waals surface area contributed by atoms with Crippen LogP contribution in [0.5, 0.6) is 0 Å². The van der Waals surface area contributed by atoms with Crippen LogP contribution < -0.4 is 5.73 Å². The highest BCUT2D eigenvalue weighted by molar-refractivity contribution is 6.30. The predicted octanol–water partition coefficient (Wildman–Crippen LogP) is 2.40. The smallest absolute Gasteiger partial charge is 0.182 e.